The van der Waals surface area contributed by atoms with Crippen LogP contribution in [0.15, 0.2) is 66.4 Å². The van der Waals surface area contributed by atoms with Crippen LogP contribution in [0.25, 0.3) is 11.0 Å². The second kappa shape index (κ2) is 5.39. The first-order chi connectivity index (χ1) is 11.6. The predicted molar refractivity (Wildman–Crippen MR) is 95.9 cm³/mol. The molecule has 1 aliphatic carbocycles. The van der Waals surface area contributed by atoms with Crippen LogP contribution < -0.4 is 4.90 Å². The number of aliphatic hydroxyl groups excluding tert-OH is 1. The number of aromatic nitrogens is 2. The fraction of sp³-hybridized carbons (Fsp3) is 0.211. The molecule has 0 aromatic carbocycles. The Kier molecular flexibility index (Phi) is 3.32. The average Bonchev–Trinajstić information content (AvgIpc) is 2.89. The van der Waals surface area contributed by atoms with Crippen molar-refractivity contribution in [1.29, 1.82) is 0 Å². The van der Waals surface area contributed by atoms with E-state index in [1.165, 1.54) is 5.70 Å². The molecule has 2 aliphatic rings. The molecule has 0 bridgehead atoms. The Morgan fingerprint density at radius 2 is 2.08 bits per heavy atom. The minimum Gasteiger partial charge on any atom is -0.390 e. The van der Waals surface area contributed by atoms with Crippen LogP contribution in [0, 0.1) is 0 Å². The number of likely N-dealkylation sites (N-methyl/N-ethyl adjacent to an activating group) is 1. The first-order valence-electron chi connectivity index (χ1n) is 7.96. The maximum atomic E-state index is 9.46. The lowest BCUT2D eigenvalue weighted by molar-refractivity contribution is 0.273. The molecule has 0 fully saturated rings. The zero-order valence-electron chi connectivity index (χ0n) is 13.9. The molecule has 122 valence electrons. The molecule has 0 radical (unpaired) electrons. The quantitative estimate of drug-likeness (QED) is 0.924. The fourth-order valence-electron chi connectivity index (χ4n) is 3.40. The molecule has 1 aliphatic heterocycles. The topological polar surface area (TPSA) is 44.5 Å². The number of anilines is 1. The van der Waals surface area contributed by atoms with Gasteiger partial charge in [-0.1, -0.05) is 24.8 Å². The van der Waals surface area contributed by atoms with Gasteiger partial charge in [-0.15, -0.1) is 0 Å². The molecule has 0 saturated heterocycles. The van der Waals surface area contributed by atoms with Crippen molar-refractivity contribution in [3.8, 4) is 0 Å². The Hall–Kier alpha value is -2.79. The summed E-state index contributed by atoms with van der Waals surface area (Å²) in [6.07, 6.45) is 11.1. The molecule has 5 nitrogen and oxygen atoms in total. The summed E-state index contributed by atoms with van der Waals surface area (Å²) in [5.74, 6) is 0.916. The van der Waals surface area contributed by atoms with Gasteiger partial charge in [0.1, 0.15) is 11.5 Å². The minimum absolute atomic E-state index is 0.00619. The summed E-state index contributed by atoms with van der Waals surface area (Å²) in [7, 11) is 3.95. The molecule has 2 aromatic rings. The van der Waals surface area contributed by atoms with Crippen molar-refractivity contribution in [3.05, 3.63) is 72.1 Å². The van der Waals surface area contributed by atoms with E-state index in [0.29, 0.717) is 0 Å². The lowest BCUT2D eigenvalue weighted by Crippen LogP contribution is -2.21. The first kappa shape index (κ1) is 14.8. The third-order valence-electron chi connectivity index (χ3n) is 4.76. The lowest BCUT2D eigenvalue weighted by atomic mass is 10.2. The Morgan fingerprint density at radius 3 is 2.88 bits per heavy atom. The molecule has 1 N–H and O–H groups in total. The van der Waals surface area contributed by atoms with E-state index in [1.807, 2.05) is 30.9 Å². The highest BCUT2D eigenvalue weighted by molar-refractivity contribution is 5.82. The Bertz CT molecular complexity index is 932. The highest BCUT2D eigenvalue weighted by atomic mass is 16.3. The second-order valence-electron chi connectivity index (χ2n) is 6.09. The minimum atomic E-state index is 0.00619. The van der Waals surface area contributed by atoms with Crippen LogP contribution >= 0.6 is 0 Å². The average molecular weight is 320 g/mol. The van der Waals surface area contributed by atoms with Gasteiger partial charge in [0, 0.05) is 31.6 Å². The number of nitrogens with zero attached hydrogens (tertiary/aromatic N) is 4. The number of hydrogen-bond donors (Lipinski definition) is 1. The maximum Gasteiger partial charge on any atom is 0.140 e. The van der Waals surface area contributed by atoms with E-state index in [0.717, 1.165) is 40.4 Å². The molecule has 3 heterocycles. The zero-order valence-corrected chi connectivity index (χ0v) is 13.9. The molecule has 0 amide bonds. The molecule has 4 rings (SSSR count). The smallest absolute Gasteiger partial charge is 0.140 e. The predicted octanol–water partition coefficient (Wildman–Crippen LogP) is 3.02. The molecule has 0 unspecified atom stereocenters. The number of pyridine rings is 1. The number of hydrogen-bond acceptors (Lipinski definition) is 4. The van der Waals surface area contributed by atoms with Crippen molar-refractivity contribution < 1.29 is 5.11 Å². The van der Waals surface area contributed by atoms with E-state index < -0.39 is 0 Å². The lowest BCUT2D eigenvalue weighted by Gasteiger charge is -2.24. The standard InChI is InChI=1S/C19H20N4O/c1-13-21(2)17-7-5-4-6-8-18(17)23(13)15-9-14-10-16(12-24)22(3)19(14)20-11-15/h4-7,9-11,24H,1,8,12H2,2-3H3. The largest absolute Gasteiger partial charge is 0.390 e. The highest BCUT2D eigenvalue weighted by Crippen LogP contribution is 2.38. The van der Waals surface area contributed by atoms with Gasteiger partial charge in [0.05, 0.1) is 29.9 Å². The van der Waals surface area contributed by atoms with Gasteiger partial charge < -0.3 is 14.6 Å². The van der Waals surface area contributed by atoms with Crippen molar-refractivity contribution in [2.75, 3.05) is 11.9 Å². The molecule has 24 heavy (non-hydrogen) atoms. The van der Waals surface area contributed by atoms with Gasteiger partial charge in [-0.3, -0.25) is 4.90 Å². The summed E-state index contributed by atoms with van der Waals surface area (Å²) in [5, 5.41) is 10.5. The van der Waals surface area contributed by atoms with Gasteiger partial charge in [0.25, 0.3) is 0 Å². The van der Waals surface area contributed by atoms with Crippen LogP contribution in [-0.4, -0.2) is 26.6 Å². The first-order valence-corrected chi connectivity index (χ1v) is 7.96. The van der Waals surface area contributed by atoms with Crippen molar-refractivity contribution in [2.45, 2.75) is 13.0 Å². The van der Waals surface area contributed by atoms with E-state index in [4.69, 9.17) is 0 Å². The Balaban J connectivity index is 1.84. The van der Waals surface area contributed by atoms with Gasteiger partial charge >= 0.3 is 0 Å². The van der Waals surface area contributed by atoms with Crippen molar-refractivity contribution in [1.82, 2.24) is 14.5 Å². The molecular weight excluding hydrogens is 300 g/mol. The monoisotopic (exact) mass is 320 g/mol. The molecule has 0 saturated carbocycles. The molecule has 5 heteroatoms. The zero-order chi connectivity index (χ0) is 16.8. The van der Waals surface area contributed by atoms with Crippen LogP contribution in [0.1, 0.15) is 12.1 Å². The summed E-state index contributed by atoms with van der Waals surface area (Å²) < 4.78 is 1.92. The molecule has 2 aromatic heterocycles. The van der Waals surface area contributed by atoms with Crippen LogP contribution in [0.5, 0.6) is 0 Å². The molecular formula is C19H20N4O. The van der Waals surface area contributed by atoms with Gasteiger partial charge in [-0.25, -0.2) is 4.98 Å². The Morgan fingerprint density at radius 1 is 1.25 bits per heavy atom. The van der Waals surface area contributed by atoms with Crippen LogP contribution in [0.4, 0.5) is 5.69 Å². The third-order valence-corrected chi connectivity index (χ3v) is 4.76. The SMILES string of the molecule is C=C1N(C)C2=C(CC=CC=C2)N1c1cnc2c(c1)cc(CO)n2C. The number of aryl methyl sites for hydroxylation is 1. The number of fused-ring (bicyclic) bond motifs is 1. The number of rotatable bonds is 2. The number of aliphatic hydroxyl groups is 1. The normalized spacial score (nSPS) is 17.2. The Labute approximate surface area is 141 Å². The second-order valence-corrected chi connectivity index (χ2v) is 6.09. The third kappa shape index (κ3) is 2.02. The molecule has 0 spiro atoms. The highest BCUT2D eigenvalue weighted by Gasteiger charge is 2.30. The van der Waals surface area contributed by atoms with Gasteiger partial charge in [0.2, 0.25) is 0 Å². The van der Waals surface area contributed by atoms with E-state index in [9.17, 15) is 5.11 Å². The van der Waals surface area contributed by atoms with E-state index in [2.05, 4.69) is 51.7 Å². The summed E-state index contributed by atoms with van der Waals surface area (Å²) in [6, 6.07) is 4.09. The summed E-state index contributed by atoms with van der Waals surface area (Å²) in [4.78, 5) is 8.87. The molecule has 0 atom stereocenters. The van der Waals surface area contributed by atoms with Crippen molar-refractivity contribution in [2.24, 2.45) is 7.05 Å². The van der Waals surface area contributed by atoms with Crippen LogP contribution in [0.2, 0.25) is 0 Å². The van der Waals surface area contributed by atoms with Gasteiger partial charge in [-0.05, 0) is 18.2 Å². The van der Waals surface area contributed by atoms with Crippen molar-refractivity contribution in [3.63, 3.8) is 0 Å². The van der Waals surface area contributed by atoms with Gasteiger partial charge in [-0.2, -0.15) is 0 Å². The van der Waals surface area contributed by atoms with E-state index in [1.54, 1.807) is 0 Å². The number of allylic oxidation sites excluding steroid dienone is 4. The fourth-order valence-corrected chi connectivity index (χ4v) is 3.40. The van der Waals surface area contributed by atoms with Crippen LogP contribution in [-0.2, 0) is 13.7 Å². The van der Waals surface area contributed by atoms with Crippen LogP contribution in [0.3, 0.4) is 0 Å². The summed E-state index contributed by atoms with van der Waals surface area (Å²) in [5.41, 5.74) is 5.08. The van der Waals surface area contributed by atoms with E-state index in [-0.39, 0.29) is 6.61 Å². The summed E-state index contributed by atoms with van der Waals surface area (Å²) in [6.45, 7) is 4.25. The maximum absolute atomic E-state index is 9.46. The van der Waals surface area contributed by atoms with E-state index >= 15 is 0 Å². The van der Waals surface area contributed by atoms with Gasteiger partial charge in [0.15, 0.2) is 0 Å². The summed E-state index contributed by atoms with van der Waals surface area (Å²) >= 11 is 0. The van der Waals surface area contributed by atoms with Crippen molar-refractivity contribution >= 4 is 16.7 Å².